The van der Waals surface area contributed by atoms with Crippen molar-refractivity contribution in [3.8, 4) is 0 Å². The van der Waals surface area contributed by atoms with E-state index in [0.29, 0.717) is 5.69 Å². The molecule has 3 rings (SSSR count). The summed E-state index contributed by atoms with van der Waals surface area (Å²) < 4.78 is 0. The van der Waals surface area contributed by atoms with E-state index in [-0.39, 0.29) is 6.42 Å². The van der Waals surface area contributed by atoms with Crippen LogP contribution < -0.4 is 0 Å². The summed E-state index contributed by atoms with van der Waals surface area (Å²) in [7, 11) is 0. The number of carboxylic acid groups (broad SMARTS) is 1. The fourth-order valence-electron chi connectivity index (χ4n) is 2.51. The molecule has 104 valence electrons. The third-order valence-corrected chi connectivity index (χ3v) is 3.42. The molecule has 0 amide bonds. The quantitative estimate of drug-likeness (QED) is 0.770. The average molecular weight is 278 g/mol. The molecule has 0 saturated carbocycles. The van der Waals surface area contributed by atoms with Crippen molar-refractivity contribution in [2.24, 2.45) is 0 Å². The van der Waals surface area contributed by atoms with Crippen molar-refractivity contribution in [3.63, 3.8) is 0 Å². The maximum absolute atomic E-state index is 11.1. The van der Waals surface area contributed by atoms with Crippen LogP contribution in [0.2, 0.25) is 0 Å². The molecule has 0 aliphatic heterocycles. The highest BCUT2D eigenvalue weighted by molar-refractivity contribution is 5.98. The van der Waals surface area contributed by atoms with Gasteiger partial charge in [0.15, 0.2) is 0 Å². The Labute approximate surface area is 121 Å². The number of carboxylic acids is 1. The lowest BCUT2D eigenvalue weighted by atomic mass is 9.97. The molecule has 2 N–H and O–H groups in total. The van der Waals surface area contributed by atoms with Crippen molar-refractivity contribution < 1.29 is 9.90 Å². The third kappa shape index (κ3) is 2.43. The van der Waals surface area contributed by atoms with Crippen molar-refractivity contribution in [1.29, 1.82) is 0 Å². The largest absolute Gasteiger partial charge is 0.481 e. The second-order valence-corrected chi connectivity index (χ2v) is 4.81. The molecule has 0 atom stereocenters. The predicted molar refractivity (Wildman–Crippen MR) is 82.0 cm³/mol. The first-order valence-corrected chi connectivity index (χ1v) is 6.58. The van der Waals surface area contributed by atoms with Crippen molar-refractivity contribution in [1.82, 2.24) is 9.97 Å². The number of aromatic amines is 1. The molecule has 1 aromatic carbocycles. The number of nitrogens with one attached hydrogen (secondary N) is 1. The van der Waals surface area contributed by atoms with Crippen LogP contribution in [0.3, 0.4) is 0 Å². The van der Waals surface area contributed by atoms with Gasteiger partial charge in [-0.3, -0.25) is 9.78 Å². The molecule has 0 unspecified atom stereocenters. The van der Waals surface area contributed by atoms with Gasteiger partial charge in [-0.2, -0.15) is 0 Å². The van der Waals surface area contributed by atoms with Gasteiger partial charge in [0.05, 0.1) is 6.42 Å². The molecular weight excluding hydrogens is 264 g/mol. The summed E-state index contributed by atoms with van der Waals surface area (Å²) in [6, 6.07) is 11.5. The van der Waals surface area contributed by atoms with E-state index in [1.807, 2.05) is 36.4 Å². The van der Waals surface area contributed by atoms with Crippen molar-refractivity contribution in [2.45, 2.75) is 6.42 Å². The predicted octanol–water partition coefficient (Wildman–Crippen LogP) is 3.25. The maximum atomic E-state index is 11.1. The van der Waals surface area contributed by atoms with Crippen molar-refractivity contribution in [2.75, 3.05) is 0 Å². The molecule has 3 aromatic rings. The molecule has 21 heavy (non-hydrogen) atoms. The Morgan fingerprint density at radius 2 is 2.05 bits per heavy atom. The van der Waals surface area contributed by atoms with Gasteiger partial charge in [0.25, 0.3) is 0 Å². The highest BCUT2D eigenvalue weighted by Gasteiger charge is 2.17. The lowest BCUT2D eigenvalue weighted by Crippen LogP contribution is -2.03. The van der Waals surface area contributed by atoms with Gasteiger partial charge in [-0.15, -0.1) is 0 Å². The molecule has 0 aliphatic carbocycles. The third-order valence-electron chi connectivity index (χ3n) is 3.42. The molecule has 0 saturated heterocycles. The van der Waals surface area contributed by atoms with Gasteiger partial charge in [0.2, 0.25) is 0 Å². The van der Waals surface area contributed by atoms with E-state index in [4.69, 9.17) is 5.11 Å². The Morgan fingerprint density at radius 1 is 1.24 bits per heavy atom. The van der Waals surface area contributed by atoms with Crippen LogP contribution in [-0.4, -0.2) is 21.0 Å². The Hall–Kier alpha value is -2.88. The number of hydrogen-bond acceptors (Lipinski definition) is 2. The zero-order chi connectivity index (χ0) is 14.8. The Bertz CT molecular complexity index is 819. The van der Waals surface area contributed by atoms with Crippen LogP contribution in [0.15, 0.2) is 55.4 Å². The summed E-state index contributed by atoms with van der Waals surface area (Å²) in [6.45, 7) is 4.13. The zero-order valence-corrected chi connectivity index (χ0v) is 11.3. The van der Waals surface area contributed by atoms with Crippen LogP contribution in [0.1, 0.15) is 16.8 Å². The first-order chi connectivity index (χ1) is 10.2. The fourth-order valence-corrected chi connectivity index (χ4v) is 2.51. The summed E-state index contributed by atoms with van der Waals surface area (Å²) >= 11 is 0. The Kier molecular flexibility index (Phi) is 3.28. The number of carbonyl (C=O) groups is 1. The number of hydrogen-bond donors (Lipinski definition) is 2. The number of rotatable bonds is 4. The van der Waals surface area contributed by atoms with Gasteiger partial charge in [0, 0.05) is 40.1 Å². The molecule has 0 bridgehead atoms. The molecule has 2 heterocycles. The topological polar surface area (TPSA) is 66.0 Å². The van der Waals surface area contributed by atoms with Gasteiger partial charge in [-0.25, -0.2) is 0 Å². The first kappa shape index (κ1) is 13.1. The molecule has 4 nitrogen and oxygen atoms in total. The van der Waals surface area contributed by atoms with Crippen molar-refractivity contribution in [3.05, 3.63) is 72.2 Å². The Morgan fingerprint density at radius 3 is 2.76 bits per heavy atom. The van der Waals surface area contributed by atoms with Crippen molar-refractivity contribution >= 4 is 22.4 Å². The summed E-state index contributed by atoms with van der Waals surface area (Å²) in [5.41, 5.74) is 4.08. The van der Waals surface area contributed by atoms with Crippen LogP contribution in [0.5, 0.6) is 0 Å². The zero-order valence-electron chi connectivity index (χ0n) is 11.3. The molecule has 0 fully saturated rings. The second-order valence-electron chi connectivity index (χ2n) is 4.81. The molecule has 0 aliphatic rings. The monoisotopic (exact) mass is 278 g/mol. The second kappa shape index (κ2) is 5.25. The smallest absolute Gasteiger partial charge is 0.309 e. The number of H-pyrrole nitrogens is 1. The van der Waals surface area contributed by atoms with E-state index in [1.165, 1.54) is 0 Å². The summed E-state index contributed by atoms with van der Waals surface area (Å²) in [5.74, 6) is -0.873. The Balaban J connectivity index is 2.19. The highest BCUT2D eigenvalue weighted by atomic mass is 16.4. The molecule has 2 aromatic heterocycles. The normalized spacial score (nSPS) is 10.7. The van der Waals surface area contributed by atoms with Gasteiger partial charge in [-0.1, -0.05) is 30.8 Å². The SMILES string of the molecule is C=C(c1cccnc1)c1c(CC(=O)O)[nH]c2ccccc12. The molecule has 0 radical (unpaired) electrons. The number of fused-ring (bicyclic) bond motifs is 1. The molecular formula is C17H14N2O2. The first-order valence-electron chi connectivity index (χ1n) is 6.58. The summed E-state index contributed by atoms with van der Waals surface area (Å²) in [6.07, 6.45) is 3.36. The van der Waals surface area contributed by atoms with Crippen LogP contribution in [0.4, 0.5) is 0 Å². The number of pyridine rings is 1. The number of aliphatic carboxylic acids is 1. The van der Waals surface area contributed by atoms with E-state index in [2.05, 4.69) is 16.5 Å². The highest BCUT2D eigenvalue weighted by Crippen LogP contribution is 2.32. The minimum atomic E-state index is -0.873. The molecule has 4 heteroatoms. The lowest BCUT2D eigenvalue weighted by molar-refractivity contribution is -0.136. The van der Waals surface area contributed by atoms with E-state index in [0.717, 1.165) is 27.6 Å². The van der Waals surface area contributed by atoms with E-state index in [9.17, 15) is 4.79 Å². The number of para-hydroxylation sites is 1. The fraction of sp³-hybridized carbons (Fsp3) is 0.0588. The van der Waals surface area contributed by atoms with Gasteiger partial charge >= 0.3 is 5.97 Å². The lowest BCUT2D eigenvalue weighted by Gasteiger charge is -2.07. The number of benzene rings is 1. The average Bonchev–Trinajstić information content (AvgIpc) is 2.84. The maximum Gasteiger partial charge on any atom is 0.309 e. The van der Waals surface area contributed by atoms with Gasteiger partial charge < -0.3 is 10.1 Å². The van der Waals surface area contributed by atoms with Crippen LogP contribution in [0, 0.1) is 0 Å². The number of nitrogens with zero attached hydrogens (tertiary/aromatic N) is 1. The standard InChI is InChI=1S/C17H14N2O2/c1-11(12-5-4-8-18-10-12)17-13-6-2-3-7-14(13)19-15(17)9-16(20)21/h2-8,10,19H,1,9H2,(H,20,21). The van der Waals surface area contributed by atoms with E-state index < -0.39 is 5.97 Å². The van der Waals surface area contributed by atoms with Crippen LogP contribution in [-0.2, 0) is 11.2 Å². The van der Waals surface area contributed by atoms with Crippen LogP contribution in [0.25, 0.3) is 16.5 Å². The van der Waals surface area contributed by atoms with E-state index >= 15 is 0 Å². The van der Waals surface area contributed by atoms with E-state index in [1.54, 1.807) is 12.4 Å². The van der Waals surface area contributed by atoms with Gasteiger partial charge in [-0.05, 0) is 17.7 Å². The van der Waals surface area contributed by atoms with Gasteiger partial charge in [0.1, 0.15) is 0 Å². The molecule has 0 spiro atoms. The van der Waals surface area contributed by atoms with Crippen LogP contribution >= 0.6 is 0 Å². The minimum absolute atomic E-state index is 0.0662. The summed E-state index contributed by atoms with van der Waals surface area (Å²) in [5, 5.41) is 10.1. The minimum Gasteiger partial charge on any atom is -0.481 e. The number of aromatic nitrogens is 2. The summed E-state index contributed by atoms with van der Waals surface area (Å²) in [4.78, 5) is 18.4.